The number of hydrogen-bond donors (Lipinski definition) is 0. The highest BCUT2D eigenvalue weighted by molar-refractivity contribution is 5.99. The Balaban J connectivity index is 2.24. The van der Waals surface area contributed by atoms with Crippen molar-refractivity contribution in [1.29, 1.82) is 5.26 Å². The van der Waals surface area contributed by atoms with Gasteiger partial charge in [0, 0.05) is 28.7 Å². The SMILES string of the molecule is CCCCC(C)N(CCC)CC(=O)c1cc(C)n(-c2ccc(C#N)cc2)c1C. The standard InChI is InChI=1S/C24H33N3O/c1-6-8-9-18(3)26(14-7-2)17-24(28)23-15-19(4)27(20(23)5)22-12-10-21(16-25)11-13-22/h10-13,15,18H,6-9,14,17H2,1-5H3. The number of aromatic nitrogens is 1. The second kappa shape index (κ2) is 10.2. The molecule has 1 aromatic heterocycles. The van der Waals surface area contributed by atoms with E-state index in [4.69, 9.17) is 5.26 Å². The zero-order chi connectivity index (χ0) is 20.7. The number of hydrogen-bond acceptors (Lipinski definition) is 3. The smallest absolute Gasteiger partial charge is 0.178 e. The van der Waals surface area contributed by atoms with E-state index in [0.29, 0.717) is 18.2 Å². The fraction of sp³-hybridized carbons (Fsp3) is 0.500. The molecule has 0 amide bonds. The quantitative estimate of drug-likeness (QED) is 0.517. The van der Waals surface area contributed by atoms with E-state index in [1.54, 1.807) is 0 Å². The van der Waals surface area contributed by atoms with Crippen molar-refractivity contribution in [3.63, 3.8) is 0 Å². The van der Waals surface area contributed by atoms with Gasteiger partial charge in [-0.3, -0.25) is 9.69 Å². The van der Waals surface area contributed by atoms with Crippen LogP contribution < -0.4 is 0 Å². The summed E-state index contributed by atoms with van der Waals surface area (Å²) in [7, 11) is 0. The van der Waals surface area contributed by atoms with Crippen molar-refractivity contribution in [2.24, 2.45) is 0 Å². The molecule has 0 N–H and O–H groups in total. The van der Waals surface area contributed by atoms with E-state index in [1.807, 2.05) is 44.2 Å². The van der Waals surface area contributed by atoms with E-state index in [9.17, 15) is 4.79 Å². The van der Waals surface area contributed by atoms with Gasteiger partial charge in [-0.25, -0.2) is 0 Å². The van der Waals surface area contributed by atoms with Gasteiger partial charge < -0.3 is 4.57 Å². The Morgan fingerprint density at radius 1 is 1.18 bits per heavy atom. The van der Waals surface area contributed by atoms with E-state index in [0.717, 1.165) is 42.0 Å². The van der Waals surface area contributed by atoms with Crippen molar-refractivity contribution in [2.75, 3.05) is 13.1 Å². The molecule has 0 saturated carbocycles. The summed E-state index contributed by atoms with van der Waals surface area (Å²) in [4.78, 5) is 15.5. The van der Waals surface area contributed by atoms with Gasteiger partial charge in [0.25, 0.3) is 0 Å². The zero-order valence-electron chi connectivity index (χ0n) is 18.0. The maximum absolute atomic E-state index is 13.1. The first kappa shape index (κ1) is 21.9. The van der Waals surface area contributed by atoms with Crippen LogP contribution in [-0.2, 0) is 0 Å². The van der Waals surface area contributed by atoms with Gasteiger partial charge in [0.1, 0.15) is 0 Å². The van der Waals surface area contributed by atoms with Gasteiger partial charge >= 0.3 is 0 Å². The lowest BCUT2D eigenvalue weighted by atomic mass is 10.1. The Morgan fingerprint density at radius 2 is 1.86 bits per heavy atom. The highest BCUT2D eigenvalue weighted by Crippen LogP contribution is 2.22. The Hall–Kier alpha value is -2.38. The number of carbonyl (C=O) groups is 1. The molecule has 0 fully saturated rings. The second-order valence-corrected chi connectivity index (χ2v) is 7.66. The molecule has 4 heteroatoms. The van der Waals surface area contributed by atoms with Crippen molar-refractivity contribution in [3.8, 4) is 11.8 Å². The number of aryl methyl sites for hydroxylation is 1. The second-order valence-electron chi connectivity index (χ2n) is 7.66. The monoisotopic (exact) mass is 379 g/mol. The zero-order valence-corrected chi connectivity index (χ0v) is 18.0. The molecule has 0 aliphatic carbocycles. The molecule has 1 aromatic carbocycles. The summed E-state index contributed by atoms with van der Waals surface area (Å²) < 4.78 is 2.10. The number of ketones is 1. The van der Waals surface area contributed by atoms with Crippen molar-refractivity contribution in [3.05, 3.63) is 52.8 Å². The third-order valence-electron chi connectivity index (χ3n) is 5.44. The van der Waals surface area contributed by atoms with E-state index < -0.39 is 0 Å². The molecule has 0 saturated heterocycles. The summed E-state index contributed by atoms with van der Waals surface area (Å²) in [5.41, 5.74) is 4.41. The van der Waals surface area contributed by atoms with Gasteiger partial charge in [-0.1, -0.05) is 26.7 Å². The molecule has 2 aromatic rings. The first-order valence-corrected chi connectivity index (χ1v) is 10.4. The molecule has 0 radical (unpaired) electrons. The summed E-state index contributed by atoms with van der Waals surface area (Å²) in [5, 5.41) is 9.01. The van der Waals surface area contributed by atoms with Crippen LogP contribution >= 0.6 is 0 Å². The van der Waals surface area contributed by atoms with Gasteiger partial charge in [0.2, 0.25) is 0 Å². The average molecular weight is 380 g/mol. The van der Waals surface area contributed by atoms with E-state index in [1.165, 1.54) is 12.8 Å². The molecule has 0 spiro atoms. The van der Waals surface area contributed by atoms with E-state index in [2.05, 4.69) is 36.3 Å². The minimum Gasteiger partial charge on any atom is -0.318 e. The van der Waals surface area contributed by atoms with Gasteiger partial charge in [-0.15, -0.1) is 0 Å². The Kier molecular flexibility index (Phi) is 8.02. The van der Waals surface area contributed by atoms with E-state index in [-0.39, 0.29) is 5.78 Å². The van der Waals surface area contributed by atoms with Gasteiger partial charge in [-0.2, -0.15) is 5.26 Å². The van der Waals surface area contributed by atoms with Crippen molar-refractivity contribution < 1.29 is 4.79 Å². The average Bonchev–Trinajstić information content (AvgIpc) is 3.00. The Labute approximate surface area is 169 Å². The third-order valence-corrected chi connectivity index (χ3v) is 5.44. The molecule has 1 atom stereocenters. The van der Waals surface area contributed by atoms with Crippen LogP contribution in [0.25, 0.3) is 5.69 Å². The highest BCUT2D eigenvalue weighted by atomic mass is 16.1. The fourth-order valence-electron chi connectivity index (χ4n) is 3.82. The molecule has 1 heterocycles. The molecule has 4 nitrogen and oxygen atoms in total. The molecule has 28 heavy (non-hydrogen) atoms. The molecule has 0 aliphatic rings. The predicted molar refractivity (Wildman–Crippen MR) is 115 cm³/mol. The first-order chi connectivity index (χ1) is 13.4. The summed E-state index contributed by atoms with van der Waals surface area (Å²) in [6, 6.07) is 12.1. The third kappa shape index (κ3) is 5.11. The summed E-state index contributed by atoms with van der Waals surface area (Å²) in [6.07, 6.45) is 4.56. The largest absolute Gasteiger partial charge is 0.318 e. The fourth-order valence-corrected chi connectivity index (χ4v) is 3.82. The molecule has 0 aliphatic heterocycles. The van der Waals surface area contributed by atoms with Crippen molar-refractivity contribution in [2.45, 2.75) is 66.3 Å². The van der Waals surface area contributed by atoms with Gasteiger partial charge in [0.15, 0.2) is 5.78 Å². The number of nitriles is 1. The van der Waals surface area contributed by atoms with Crippen molar-refractivity contribution >= 4 is 5.78 Å². The van der Waals surface area contributed by atoms with Crippen LogP contribution in [0.2, 0.25) is 0 Å². The molecule has 150 valence electrons. The first-order valence-electron chi connectivity index (χ1n) is 10.4. The van der Waals surface area contributed by atoms with Gasteiger partial charge in [0.05, 0.1) is 18.2 Å². The molecule has 0 bridgehead atoms. The minimum absolute atomic E-state index is 0.185. The van der Waals surface area contributed by atoms with Crippen LogP contribution in [0.1, 0.15) is 73.8 Å². The summed E-state index contributed by atoms with van der Waals surface area (Å²) >= 11 is 0. The van der Waals surface area contributed by atoms with Crippen LogP contribution in [0.5, 0.6) is 0 Å². The number of unbranched alkanes of at least 4 members (excludes halogenated alkanes) is 1. The van der Waals surface area contributed by atoms with Crippen LogP contribution in [0.4, 0.5) is 0 Å². The maximum atomic E-state index is 13.1. The predicted octanol–water partition coefficient (Wildman–Crippen LogP) is 5.44. The van der Waals surface area contributed by atoms with Crippen LogP contribution in [0.15, 0.2) is 30.3 Å². The minimum atomic E-state index is 0.185. The van der Waals surface area contributed by atoms with Gasteiger partial charge in [-0.05, 0) is 70.5 Å². The van der Waals surface area contributed by atoms with Crippen LogP contribution in [0, 0.1) is 25.2 Å². The van der Waals surface area contributed by atoms with Crippen LogP contribution in [-0.4, -0.2) is 34.4 Å². The Morgan fingerprint density at radius 3 is 2.43 bits per heavy atom. The van der Waals surface area contributed by atoms with Crippen molar-refractivity contribution in [1.82, 2.24) is 9.47 Å². The molecule has 2 rings (SSSR count). The molecule has 1 unspecified atom stereocenters. The lowest BCUT2D eigenvalue weighted by molar-refractivity contribution is 0.0892. The number of rotatable bonds is 10. The summed E-state index contributed by atoms with van der Waals surface area (Å²) in [6.45, 7) is 12.1. The normalized spacial score (nSPS) is 12.2. The number of carbonyl (C=O) groups excluding carboxylic acids is 1. The topological polar surface area (TPSA) is 49.0 Å². The number of benzene rings is 1. The molecular weight excluding hydrogens is 346 g/mol. The summed E-state index contributed by atoms with van der Waals surface area (Å²) in [5.74, 6) is 0.185. The van der Waals surface area contributed by atoms with E-state index >= 15 is 0 Å². The lowest BCUT2D eigenvalue weighted by Crippen LogP contribution is -2.38. The highest BCUT2D eigenvalue weighted by Gasteiger charge is 2.21. The Bertz CT molecular complexity index is 827. The number of Topliss-reactive ketones (excluding diaryl/α,β-unsaturated/α-hetero) is 1. The maximum Gasteiger partial charge on any atom is 0.178 e. The van der Waals surface area contributed by atoms with Crippen LogP contribution in [0.3, 0.4) is 0 Å². The number of nitrogens with zero attached hydrogens (tertiary/aromatic N) is 3. The lowest BCUT2D eigenvalue weighted by Gasteiger charge is -2.28. The molecular formula is C24H33N3O.